The maximum Gasteiger partial charge on any atom is 0.418 e. The lowest BCUT2D eigenvalue weighted by molar-refractivity contribution is -0.137. The SMILES string of the molecule is NNN1CC=Nc2c(cccc2C(F)(F)F)C1c1ccccc1. The highest BCUT2D eigenvalue weighted by atomic mass is 19.4. The van der Waals surface area contributed by atoms with Crippen LogP contribution in [0.1, 0.15) is 22.7 Å². The summed E-state index contributed by atoms with van der Waals surface area (Å²) in [5.74, 6) is 5.57. The number of nitrogens with zero attached hydrogens (tertiary/aromatic N) is 2. The smallest absolute Gasteiger partial charge is 0.259 e. The molecule has 0 saturated carbocycles. The Bertz CT molecular complexity index is 713. The van der Waals surface area contributed by atoms with Crippen LogP contribution in [0.5, 0.6) is 0 Å². The summed E-state index contributed by atoms with van der Waals surface area (Å²) in [5.41, 5.74) is 3.03. The van der Waals surface area contributed by atoms with Gasteiger partial charge in [0.2, 0.25) is 0 Å². The lowest BCUT2D eigenvalue weighted by atomic mass is 9.94. The van der Waals surface area contributed by atoms with Crippen molar-refractivity contribution in [2.45, 2.75) is 12.2 Å². The minimum atomic E-state index is -4.46. The molecule has 0 fully saturated rings. The summed E-state index contributed by atoms with van der Waals surface area (Å²) >= 11 is 0. The number of aliphatic imine (C=N–C) groups is 1. The van der Waals surface area contributed by atoms with Gasteiger partial charge >= 0.3 is 6.18 Å². The number of hydrogen-bond acceptors (Lipinski definition) is 4. The second-order valence-electron chi connectivity index (χ2n) is 5.15. The molecule has 3 N–H and O–H groups in total. The molecule has 0 aliphatic carbocycles. The van der Waals surface area contributed by atoms with Gasteiger partial charge in [0.1, 0.15) is 0 Å². The van der Waals surface area contributed by atoms with Crippen molar-refractivity contribution in [2.24, 2.45) is 10.8 Å². The number of halogens is 3. The molecule has 1 atom stereocenters. The molecule has 0 bridgehead atoms. The molecule has 7 heteroatoms. The summed E-state index contributed by atoms with van der Waals surface area (Å²) in [4.78, 5) is 4.04. The average Bonchev–Trinajstić information content (AvgIpc) is 2.73. The highest BCUT2D eigenvalue weighted by molar-refractivity contribution is 5.71. The van der Waals surface area contributed by atoms with E-state index in [0.717, 1.165) is 11.6 Å². The van der Waals surface area contributed by atoms with Gasteiger partial charge in [0.05, 0.1) is 23.8 Å². The van der Waals surface area contributed by atoms with Crippen molar-refractivity contribution < 1.29 is 13.2 Å². The van der Waals surface area contributed by atoms with Gasteiger partial charge in [-0.25, -0.2) is 5.01 Å². The van der Waals surface area contributed by atoms with Gasteiger partial charge in [-0.15, -0.1) is 0 Å². The topological polar surface area (TPSA) is 53.6 Å². The Morgan fingerprint density at radius 3 is 2.48 bits per heavy atom. The van der Waals surface area contributed by atoms with E-state index >= 15 is 0 Å². The number of fused-ring (bicyclic) bond motifs is 1. The minimum absolute atomic E-state index is 0.0633. The monoisotopic (exact) mass is 320 g/mol. The van der Waals surface area contributed by atoms with Gasteiger partial charge in [-0.1, -0.05) is 42.5 Å². The third-order valence-electron chi connectivity index (χ3n) is 3.76. The number of nitrogens with two attached hydrogens (primary N) is 1. The molecule has 0 amide bonds. The number of rotatable bonds is 2. The molecule has 1 aliphatic heterocycles. The molecule has 0 saturated heterocycles. The van der Waals surface area contributed by atoms with Crippen LogP contribution in [0.2, 0.25) is 0 Å². The predicted octanol–water partition coefficient (Wildman–Crippen LogP) is 3.19. The van der Waals surface area contributed by atoms with E-state index < -0.39 is 17.8 Å². The molecule has 1 aliphatic rings. The van der Waals surface area contributed by atoms with Crippen LogP contribution in [-0.2, 0) is 6.18 Å². The standard InChI is InChI=1S/C16H15F3N4/c17-16(18,19)13-8-4-7-12-14(13)21-9-10-23(22-20)15(12)11-5-2-1-3-6-11/h1-9,15,22H,10,20H2. The zero-order valence-corrected chi connectivity index (χ0v) is 12.1. The first-order valence-electron chi connectivity index (χ1n) is 7.03. The van der Waals surface area contributed by atoms with Crippen LogP contribution < -0.4 is 11.4 Å². The molecular formula is C16H15F3N4. The molecule has 2 aromatic carbocycles. The summed E-state index contributed by atoms with van der Waals surface area (Å²) in [5, 5.41) is 1.64. The molecule has 0 radical (unpaired) electrons. The summed E-state index contributed by atoms with van der Waals surface area (Å²) in [6, 6.07) is 12.8. The zero-order chi connectivity index (χ0) is 16.4. The molecule has 1 unspecified atom stereocenters. The average molecular weight is 320 g/mol. The third-order valence-corrected chi connectivity index (χ3v) is 3.76. The first kappa shape index (κ1) is 15.7. The van der Waals surface area contributed by atoms with E-state index in [1.807, 2.05) is 30.3 Å². The van der Waals surface area contributed by atoms with Crippen LogP contribution in [0, 0.1) is 0 Å². The number of nitrogens with one attached hydrogen (secondary N) is 1. The molecule has 0 aromatic heterocycles. The Balaban J connectivity index is 2.21. The summed E-state index contributed by atoms with van der Waals surface area (Å²) < 4.78 is 39.9. The Morgan fingerprint density at radius 2 is 1.83 bits per heavy atom. The number of hydrazine groups is 2. The number of hydrogen-bond donors (Lipinski definition) is 2. The summed E-state index contributed by atoms with van der Waals surface area (Å²) in [6.45, 7) is 0.280. The van der Waals surface area contributed by atoms with Crippen LogP contribution in [0.25, 0.3) is 0 Å². The first-order valence-corrected chi connectivity index (χ1v) is 7.03. The van der Waals surface area contributed by atoms with Gasteiger partial charge < -0.3 is 0 Å². The van der Waals surface area contributed by atoms with Crippen molar-refractivity contribution in [1.29, 1.82) is 0 Å². The fraction of sp³-hybridized carbons (Fsp3) is 0.188. The fourth-order valence-electron chi connectivity index (χ4n) is 2.77. The van der Waals surface area contributed by atoms with Gasteiger partial charge in [0.25, 0.3) is 0 Å². The van der Waals surface area contributed by atoms with Crippen molar-refractivity contribution in [3.05, 3.63) is 65.2 Å². The molecule has 4 nitrogen and oxygen atoms in total. The maximum absolute atomic E-state index is 13.3. The lowest BCUT2D eigenvalue weighted by Crippen LogP contribution is -2.46. The van der Waals surface area contributed by atoms with Crippen LogP contribution in [0.3, 0.4) is 0 Å². The van der Waals surface area contributed by atoms with Gasteiger partial charge in [-0.05, 0) is 11.6 Å². The Kier molecular flexibility index (Phi) is 4.16. The van der Waals surface area contributed by atoms with Gasteiger partial charge in [0, 0.05) is 11.8 Å². The number of alkyl halides is 3. The van der Waals surface area contributed by atoms with Gasteiger partial charge in [-0.2, -0.15) is 18.7 Å². The van der Waals surface area contributed by atoms with Crippen molar-refractivity contribution in [3.8, 4) is 0 Å². The van der Waals surface area contributed by atoms with Crippen LogP contribution in [0.15, 0.2) is 53.5 Å². The Labute approximate surface area is 131 Å². The van der Waals surface area contributed by atoms with E-state index in [2.05, 4.69) is 10.5 Å². The van der Waals surface area contributed by atoms with Crippen molar-refractivity contribution in [3.63, 3.8) is 0 Å². The Morgan fingerprint density at radius 1 is 1.09 bits per heavy atom. The van der Waals surface area contributed by atoms with E-state index in [9.17, 15) is 13.2 Å². The largest absolute Gasteiger partial charge is 0.418 e. The van der Waals surface area contributed by atoms with E-state index in [0.29, 0.717) is 5.56 Å². The van der Waals surface area contributed by atoms with E-state index in [4.69, 9.17) is 5.84 Å². The number of benzene rings is 2. The van der Waals surface area contributed by atoms with E-state index in [1.165, 1.54) is 12.3 Å². The molecular weight excluding hydrogens is 305 g/mol. The van der Waals surface area contributed by atoms with Crippen LogP contribution in [0.4, 0.5) is 18.9 Å². The van der Waals surface area contributed by atoms with Crippen LogP contribution in [-0.4, -0.2) is 17.8 Å². The molecule has 0 spiro atoms. The minimum Gasteiger partial charge on any atom is -0.259 e. The highest BCUT2D eigenvalue weighted by Crippen LogP contribution is 2.43. The lowest BCUT2D eigenvalue weighted by Gasteiger charge is -2.29. The number of para-hydroxylation sites is 1. The first-order chi connectivity index (χ1) is 11.0. The van der Waals surface area contributed by atoms with Crippen LogP contribution >= 0.6 is 0 Å². The normalized spacial score (nSPS) is 18.5. The summed E-state index contributed by atoms with van der Waals surface area (Å²) in [6.07, 6.45) is -3.04. The molecule has 2 aromatic rings. The quantitative estimate of drug-likeness (QED) is 0.660. The van der Waals surface area contributed by atoms with Gasteiger partial charge in [-0.3, -0.25) is 10.8 Å². The second kappa shape index (κ2) is 6.11. The fourth-order valence-corrected chi connectivity index (χ4v) is 2.77. The zero-order valence-electron chi connectivity index (χ0n) is 12.1. The van der Waals surface area contributed by atoms with Crippen molar-refractivity contribution in [1.82, 2.24) is 10.5 Å². The highest BCUT2D eigenvalue weighted by Gasteiger charge is 2.37. The van der Waals surface area contributed by atoms with Crippen molar-refractivity contribution >= 4 is 11.9 Å². The summed E-state index contributed by atoms with van der Waals surface area (Å²) in [7, 11) is 0. The molecule has 3 rings (SSSR count). The Hall–Kier alpha value is -2.22. The molecule has 23 heavy (non-hydrogen) atoms. The molecule has 1 heterocycles. The van der Waals surface area contributed by atoms with E-state index in [1.54, 1.807) is 11.1 Å². The second-order valence-corrected chi connectivity index (χ2v) is 5.15. The van der Waals surface area contributed by atoms with Gasteiger partial charge in [0.15, 0.2) is 0 Å². The van der Waals surface area contributed by atoms with E-state index in [-0.39, 0.29) is 12.2 Å². The molecule has 120 valence electrons. The van der Waals surface area contributed by atoms with Crippen molar-refractivity contribution in [2.75, 3.05) is 6.54 Å². The third kappa shape index (κ3) is 2.98. The maximum atomic E-state index is 13.3. The predicted molar refractivity (Wildman–Crippen MR) is 81.9 cm³/mol.